The number of carbonyl (C=O) groups excluding carboxylic acids is 1. The van der Waals surface area contributed by atoms with Crippen LogP contribution in [0.4, 0.5) is 0 Å². The Bertz CT molecular complexity index is 614. The fourth-order valence-corrected chi connectivity index (χ4v) is 3.28. The first-order chi connectivity index (χ1) is 13.6. The minimum atomic E-state index is 0. The van der Waals surface area contributed by atoms with Gasteiger partial charge in [0.2, 0.25) is 0 Å². The standard InChI is InChI=1S/C22H36N4O2.HI/c1-4-23-22(24-15-8-16-28-20-9-6-5-7-10-20)25-17-18-11-13-19(14-12-18)21(27)26(2)3;/h11-14,20H,4-10,15-17H2,1-3H3,(H2,23,24,25);1H. The van der Waals surface area contributed by atoms with Crippen LogP contribution in [0.1, 0.15) is 61.4 Å². The Hall–Kier alpha value is -1.35. The molecule has 0 aromatic heterocycles. The molecule has 0 bridgehead atoms. The second-order valence-electron chi connectivity index (χ2n) is 7.50. The van der Waals surface area contributed by atoms with E-state index >= 15 is 0 Å². The van der Waals surface area contributed by atoms with Crippen molar-refractivity contribution in [2.45, 2.75) is 58.1 Å². The van der Waals surface area contributed by atoms with Crippen molar-refractivity contribution in [1.82, 2.24) is 15.5 Å². The Morgan fingerprint density at radius 1 is 1.14 bits per heavy atom. The van der Waals surface area contributed by atoms with Gasteiger partial charge in [-0.25, -0.2) is 4.99 Å². The summed E-state index contributed by atoms with van der Waals surface area (Å²) in [5, 5.41) is 6.65. The Labute approximate surface area is 192 Å². The first-order valence-electron chi connectivity index (χ1n) is 10.5. The van der Waals surface area contributed by atoms with Crippen LogP contribution in [0.3, 0.4) is 0 Å². The number of benzene rings is 1. The average molecular weight is 516 g/mol. The molecule has 0 saturated heterocycles. The van der Waals surface area contributed by atoms with Crippen molar-refractivity contribution < 1.29 is 9.53 Å². The largest absolute Gasteiger partial charge is 0.378 e. The third kappa shape index (κ3) is 9.80. The normalized spacial score (nSPS) is 14.8. The fraction of sp³-hybridized carbons (Fsp3) is 0.636. The molecule has 0 unspecified atom stereocenters. The van der Waals surface area contributed by atoms with E-state index in [1.807, 2.05) is 24.3 Å². The summed E-state index contributed by atoms with van der Waals surface area (Å²) in [7, 11) is 3.52. The van der Waals surface area contributed by atoms with Gasteiger partial charge in [-0.1, -0.05) is 31.4 Å². The molecular weight excluding hydrogens is 479 g/mol. The van der Waals surface area contributed by atoms with Crippen LogP contribution in [0.25, 0.3) is 0 Å². The van der Waals surface area contributed by atoms with Crippen molar-refractivity contribution in [3.63, 3.8) is 0 Å². The van der Waals surface area contributed by atoms with Crippen molar-refractivity contribution in [3.8, 4) is 0 Å². The van der Waals surface area contributed by atoms with Gasteiger partial charge >= 0.3 is 0 Å². The highest BCUT2D eigenvalue weighted by Gasteiger charge is 2.13. The molecular formula is C22H37IN4O2. The van der Waals surface area contributed by atoms with Gasteiger partial charge in [-0.2, -0.15) is 0 Å². The Morgan fingerprint density at radius 2 is 1.83 bits per heavy atom. The zero-order chi connectivity index (χ0) is 20.2. The third-order valence-corrected chi connectivity index (χ3v) is 4.89. The molecule has 1 aliphatic rings. The van der Waals surface area contributed by atoms with E-state index in [0.29, 0.717) is 18.2 Å². The Morgan fingerprint density at radius 3 is 2.45 bits per heavy atom. The number of amides is 1. The fourth-order valence-electron chi connectivity index (χ4n) is 3.28. The Balaban J connectivity index is 0.00000420. The van der Waals surface area contributed by atoms with E-state index in [4.69, 9.17) is 4.74 Å². The van der Waals surface area contributed by atoms with E-state index in [1.165, 1.54) is 32.1 Å². The summed E-state index contributed by atoms with van der Waals surface area (Å²) in [6.07, 6.45) is 7.86. The number of rotatable bonds is 9. The predicted molar refractivity (Wildman–Crippen MR) is 130 cm³/mol. The molecule has 0 heterocycles. The number of nitrogens with zero attached hydrogens (tertiary/aromatic N) is 2. The summed E-state index contributed by atoms with van der Waals surface area (Å²) < 4.78 is 5.97. The molecule has 1 saturated carbocycles. The summed E-state index contributed by atoms with van der Waals surface area (Å²) in [5.41, 5.74) is 1.77. The lowest BCUT2D eigenvalue weighted by molar-refractivity contribution is 0.0277. The number of aliphatic imine (C=N–C) groups is 1. The maximum Gasteiger partial charge on any atom is 0.253 e. The van der Waals surface area contributed by atoms with E-state index in [-0.39, 0.29) is 29.9 Å². The zero-order valence-electron chi connectivity index (χ0n) is 18.1. The van der Waals surface area contributed by atoms with Gasteiger partial charge in [-0.05, 0) is 43.9 Å². The van der Waals surface area contributed by atoms with E-state index in [2.05, 4.69) is 22.5 Å². The molecule has 2 N–H and O–H groups in total. The highest BCUT2D eigenvalue weighted by atomic mass is 127. The van der Waals surface area contributed by atoms with Gasteiger partial charge in [-0.3, -0.25) is 4.79 Å². The quantitative estimate of drug-likeness (QED) is 0.227. The topological polar surface area (TPSA) is 66.0 Å². The number of guanidine groups is 1. The van der Waals surface area contributed by atoms with Crippen LogP contribution >= 0.6 is 24.0 Å². The number of carbonyl (C=O) groups is 1. The van der Waals surface area contributed by atoms with Gasteiger partial charge in [0.15, 0.2) is 5.96 Å². The van der Waals surface area contributed by atoms with Crippen molar-refractivity contribution in [1.29, 1.82) is 0 Å². The molecule has 1 aromatic carbocycles. The molecule has 164 valence electrons. The first kappa shape index (κ1) is 25.7. The number of ether oxygens (including phenoxy) is 1. The molecule has 0 aliphatic heterocycles. The van der Waals surface area contributed by atoms with Crippen LogP contribution < -0.4 is 10.6 Å². The van der Waals surface area contributed by atoms with Crippen LogP contribution in [-0.2, 0) is 11.3 Å². The van der Waals surface area contributed by atoms with Crippen molar-refractivity contribution in [3.05, 3.63) is 35.4 Å². The van der Waals surface area contributed by atoms with Gasteiger partial charge in [0.25, 0.3) is 5.91 Å². The maximum absolute atomic E-state index is 11.9. The molecule has 2 rings (SSSR count). The van der Waals surface area contributed by atoms with Gasteiger partial charge < -0.3 is 20.3 Å². The monoisotopic (exact) mass is 516 g/mol. The molecule has 7 heteroatoms. The number of hydrogen-bond donors (Lipinski definition) is 2. The number of halogens is 1. The van der Waals surface area contributed by atoms with E-state index < -0.39 is 0 Å². The second kappa shape index (κ2) is 14.6. The van der Waals surface area contributed by atoms with Crippen LogP contribution in [-0.4, -0.2) is 56.7 Å². The summed E-state index contributed by atoms with van der Waals surface area (Å²) >= 11 is 0. The molecule has 6 nitrogen and oxygen atoms in total. The van der Waals surface area contributed by atoms with Gasteiger partial charge in [-0.15, -0.1) is 24.0 Å². The number of hydrogen-bond acceptors (Lipinski definition) is 3. The molecule has 1 fully saturated rings. The molecule has 0 radical (unpaired) electrons. The van der Waals surface area contributed by atoms with Gasteiger partial charge in [0.05, 0.1) is 12.6 Å². The molecule has 0 spiro atoms. The summed E-state index contributed by atoms with van der Waals surface area (Å²) in [6, 6.07) is 7.63. The van der Waals surface area contributed by atoms with Crippen LogP contribution in [0.15, 0.2) is 29.3 Å². The van der Waals surface area contributed by atoms with Gasteiger partial charge in [0.1, 0.15) is 0 Å². The van der Waals surface area contributed by atoms with E-state index in [0.717, 1.165) is 37.6 Å². The lowest BCUT2D eigenvalue weighted by atomic mass is 9.98. The lowest BCUT2D eigenvalue weighted by Crippen LogP contribution is -2.38. The van der Waals surface area contributed by atoms with E-state index in [9.17, 15) is 4.79 Å². The highest BCUT2D eigenvalue weighted by Crippen LogP contribution is 2.20. The summed E-state index contributed by atoms with van der Waals surface area (Å²) in [5.74, 6) is 0.828. The highest BCUT2D eigenvalue weighted by molar-refractivity contribution is 14.0. The first-order valence-corrected chi connectivity index (χ1v) is 10.5. The third-order valence-electron chi connectivity index (χ3n) is 4.89. The number of nitrogens with one attached hydrogen (secondary N) is 2. The molecule has 29 heavy (non-hydrogen) atoms. The molecule has 1 aliphatic carbocycles. The van der Waals surface area contributed by atoms with E-state index in [1.54, 1.807) is 19.0 Å². The smallest absolute Gasteiger partial charge is 0.253 e. The maximum atomic E-state index is 11.9. The zero-order valence-corrected chi connectivity index (χ0v) is 20.4. The second-order valence-corrected chi connectivity index (χ2v) is 7.50. The van der Waals surface area contributed by atoms with Gasteiger partial charge in [0, 0.05) is 39.4 Å². The van der Waals surface area contributed by atoms with Crippen molar-refractivity contribution in [2.24, 2.45) is 4.99 Å². The summed E-state index contributed by atoms with van der Waals surface area (Å²) in [4.78, 5) is 18.2. The minimum Gasteiger partial charge on any atom is -0.378 e. The van der Waals surface area contributed by atoms with Crippen molar-refractivity contribution >= 4 is 35.8 Å². The minimum absolute atomic E-state index is 0. The molecule has 1 amide bonds. The van der Waals surface area contributed by atoms with Crippen LogP contribution in [0.2, 0.25) is 0 Å². The molecule has 0 atom stereocenters. The van der Waals surface area contributed by atoms with Crippen molar-refractivity contribution in [2.75, 3.05) is 33.8 Å². The molecule has 1 aromatic rings. The Kier molecular flexibility index (Phi) is 12.9. The lowest BCUT2D eigenvalue weighted by Gasteiger charge is -2.22. The average Bonchev–Trinajstić information content (AvgIpc) is 2.72. The predicted octanol–water partition coefficient (Wildman–Crippen LogP) is 3.80. The van der Waals surface area contributed by atoms with Crippen LogP contribution in [0, 0.1) is 0 Å². The summed E-state index contributed by atoms with van der Waals surface area (Å²) in [6.45, 7) is 5.10. The SMILES string of the molecule is CCNC(=NCc1ccc(C(=O)N(C)C)cc1)NCCCOC1CCCCC1.I. The van der Waals surface area contributed by atoms with Crippen LogP contribution in [0.5, 0.6) is 0 Å².